The zero-order valence-corrected chi connectivity index (χ0v) is 19.8. The number of aryl methyl sites for hydroxylation is 1. The SMILES string of the molecule is CCc1c(C)c(-c2ccc3c(c2)CCCO3)c(C(OC(C)(C)C)C(=O)O)c(C)c1NC. The molecule has 0 bridgehead atoms. The molecule has 2 aromatic carbocycles. The quantitative estimate of drug-likeness (QED) is 0.608. The van der Waals surface area contributed by atoms with E-state index in [-0.39, 0.29) is 0 Å². The summed E-state index contributed by atoms with van der Waals surface area (Å²) in [6.45, 7) is 12.6. The van der Waals surface area contributed by atoms with Crippen LogP contribution in [0.2, 0.25) is 0 Å². The summed E-state index contributed by atoms with van der Waals surface area (Å²) >= 11 is 0. The van der Waals surface area contributed by atoms with Crippen LogP contribution in [-0.2, 0) is 22.4 Å². The highest BCUT2D eigenvalue weighted by atomic mass is 16.5. The van der Waals surface area contributed by atoms with Gasteiger partial charge in [-0.05, 0) is 99.4 Å². The summed E-state index contributed by atoms with van der Waals surface area (Å²) in [4.78, 5) is 12.4. The molecule has 1 atom stereocenters. The number of ether oxygens (including phenoxy) is 2. The molecule has 0 aliphatic carbocycles. The van der Waals surface area contributed by atoms with E-state index in [2.05, 4.69) is 25.2 Å². The molecule has 0 saturated carbocycles. The number of carboxylic acid groups (broad SMARTS) is 1. The van der Waals surface area contributed by atoms with Gasteiger partial charge in [-0.1, -0.05) is 13.0 Å². The second kappa shape index (κ2) is 8.91. The third-order valence-corrected chi connectivity index (χ3v) is 5.94. The Morgan fingerprint density at radius 2 is 1.97 bits per heavy atom. The van der Waals surface area contributed by atoms with Gasteiger partial charge < -0.3 is 19.9 Å². The Morgan fingerprint density at radius 1 is 1.26 bits per heavy atom. The largest absolute Gasteiger partial charge is 0.493 e. The normalized spacial score (nSPS) is 14.5. The maximum Gasteiger partial charge on any atom is 0.337 e. The molecule has 1 aliphatic heterocycles. The lowest BCUT2D eigenvalue weighted by atomic mass is 9.83. The second-order valence-electron chi connectivity index (χ2n) is 9.22. The number of anilines is 1. The number of carboxylic acids is 1. The van der Waals surface area contributed by atoms with Gasteiger partial charge in [-0.2, -0.15) is 0 Å². The highest BCUT2D eigenvalue weighted by molar-refractivity contribution is 5.86. The van der Waals surface area contributed by atoms with Gasteiger partial charge in [-0.15, -0.1) is 0 Å². The van der Waals surface area contributed by atoms with Crippen molar-refractivity contribution in [2.24, 2.45) is 0 Å². The first-order valence-corrected chi connectivity index (χ1v) is 11.1. The molecular formula is C26H35NO4. The Kier molecular flexibility index (Phi) is 6.65. The fourth-order valence-corrected chi connectivity index (χ4v) is 4.67. The van der Waals surface area contributed by atoms with Crippen LogP contribution in [0.25, 0.3) is 11.1 Å². The number of rotatable bonds is 6. The fourth-order valence-electron chi connectivity index (χ4n) is 4.67. The van der Waals surface area contributed by atoms with Gasteiger partial charge >= 0.3 is 5.97 Å². The molecule has 2 N–H and O–H groups in total. The van der Waals surface area contributed by atoms with Gasteiger partial charge in [0, 0.05) is 18.3 Å². The lowest BCUT2D eigenvalue weighted by molar-refractivity contribution is -0.160. The van der Waals surface area contributed by atoms with Crippen LogP contribution in [0, 0.1) is 13.8 Å². The van der Waals surface area contributed by atoms with Crippen molar-refractivity contribution in [2.75, 3.05) is 19.0 Å². The Morgan fingerprint density at radius 3 is 2.55 bits per heavy atom. The number of nitrogens with one attached hydrogen (secondary N) is 1. The molecule has 0 radical (unpaired) electrons. The topological polar surface area (TPSA) is 67.8 Å². The van der Waals surface area contributed by atoms with Gasteiger partial charge in [0.1, 0.15) is 5.75 Å². The van der Waals surface area contributed by atoms with Gasteiger partial charge in [-0.25, -0.2) is 4.79 Å². The lowest BCUT2D eigenvalue weighted by Gasteiger charge is -2.31. The average Bonchev–Trinajstić information content (AvgIpc) is 2.71. The van der Waals surface area contributed by atoms with E-state index < -0.39 is 17.7 Å². The van der Waals surface area contributed by atoms with Crippen molar-refractivity contribution in [1.82, 2.24) is 0 Å². The van der Waals surface area contributed by atoms with Crippen LogP contribution in [0.15, 0.2) is 18.2 Å². The third-order valence-electron chi connectivity index (χ3n) is 5.94. The summed E-state index contributed by atoms with van der Waals surface area (Å²) in [6.07, 6.45) is 1.73. The number of hydrogen-bond donors (Lipinski definition) is 2. The molecular weight excluding hydrogens is 390 g/mol. The predicted octanol–water partition coefficient (Wildman–Crippen LogP) is 5.84. The average molecular weight is 426 g/mol. The molecule has 168 valence electrons. The molecule has 0 spiro atoms. The molecule has 31 heavy (non-hydrogen) atoms. The highest BCUT2D eigenvalue weighted by Crippen LogP contribution is 2.44. The first kappa shape index (κ1) is 23.1. The van der Waals surface area contributed by atoms with Crippen molar-refractivity contribution >= 4 is 11.7 Å². The van der Waals surface area contributed by atoms with Crippen molar-refractivity contribution in [2.45, 2.75) is 72.5 Å². The number of hydrogen-bond acceptors (Lipinski definition) is 4. The molecule has 2 aromatic rings. The van der Waals surface area contributed by atoms with Crippen molar-refractivity contribution in [1.29, 1.82) is 0 Å². The molecule has 3 rings (SSSR count). The van der Waals surface area contributed by atoms with Crippen molar-refractivity contribution < 1.29 is 19.4 Å². The Balaban J connectivity index is 2.35. The van der Waals surface area contributed by atoms with E-state index in [1.54, 1.807) is 0 Å². The molecule has 5 nitrogen and oxygen atoms in total. The van der Waals surface area contributed by atoms with E-state index in [1.165, 1.54) is 11.1 Å². The maximum atomic E-state index is 12.4. The van der Waals surface area contributed by atoms with Gasteiger partial charge in [0.25, 0.3) is 0 Å². The monoisotopic (exact) mass is 425 g/mol. The minimum Gasteiger partial charge on any atom is -0.493 e. The van der Waals surface area contributed by atoms with Crippen LogP contribution in [-0.4, -0.2) is 30.3 Å². The summed E-state index contributed by atoms with van der Waals surface area (Å²) < 4.78 is 11.9. The molecule has 0 saturated heterocycles. The van der Waals surface area contributed by atoms with E-state index in [0.29, 0.717) is 0 Å². The van der Waals surface area contributed by atoms with Crippen molar-refractivity contribution in [3.05, 3.63) is 46.0 Å². The number of fused-ring (bicyclic) bond motifs is 1. The maximum absolute atomic E-state index is 12.4. The first-order chi connectivity index (χ1) is 14.6. The Labute approximate surface area is 185 Å². The smallest absolute Gasteiger partial charge is 0.337 e. The van der Waals surface area contributed by atoms with E-state index >= 15 is 0 Å². The van der Waals surface area contributed by atoms with Crippen molar-refractivity contribution in [3.8, 4) is 16.9 Å². The summed E-state index contributed by atoms with van der Waals surface area (Å²) in [5.41, 5.74) is 7.46. The van der Waals surface area contributed by atoms with Crippen molar-refractivity contribution in [3.63, 3.8) is 0 Å². The van der Waals surface area contributed by atoms with E-state index in [0.717, 1.165) is 65.1 Å². The van der Waals surface area contributed by atoms with E-state index in [1.807, 2.05) is 46.9 Å². The fraction of sp³-hybridized carbons (Fsp3) is 0.500. The van der Waals surface area contributed by atoms with Crippen LogP contribution in [0.5, 0.6) is 5.75 Å². The highest BCUT2D eigenvalue weighted by Gasteiger charge is 2.33. The van der Waals surface area contributed by atoms with Gasteiger partial charge in [0.2, 0.25) is 0 Å². The van der Waals surface area contributed by atoms with Crippen LogP contribution >= 0.6 is 0 Å². The molecule has 0 fully saturated rings. The van der Waals surface area contributed by atoms with Crippen LogP contribution < -0.4 is 10.1 Å². The minimum atomic E-state index is -1.07. The molecule has 1 aliphatic rings. The number of benzene rings is 2. The van der Waals surface area contributed by atoms with Crippen LogP contribution in [0.3, 0.4) is 0 Å². The summed E-state index contributed by atoms with van der Waals surface area (Å²) in [7, 11) is 1.89. The number of aliphatic carboxylic acids is 1. The zero-order chi connectivity index (χ0) is 22.9. The summed E-state index contributed by atoms with van der Waals surface area (Å²) in [6, 6.07) is 6.22. The van der Waals surface area contributed by atoms with Gasteiger partial charge in [0.05, 0.1) is 12.2 Å². The summed E-state index contributed by atoms with van der Waals surface area (Å²) in [5.74, 6) is -0.0551. The lowest BCUT2D eigenvalue weighted by Crippen LogP contribution is -2.28. The van der Waals surface area contributed by atoms with E-state index in [4.69, 9.17) is 9.47 Å². The Bertz CT molecular complexity index is 988. The van der Waals surface area contributed by atoms with Crippen LogP contribution in [0.1, 0.15) is 68.0 Å². The van der Waals surface area contributed by atoms with Gasteiger partial charge in [-0.3, -0.25) is 0 Å². The molecule has 0 amide bonds. The number of carbonyl (C=O) groups is 1. The first-order valence-electron chi connectivity index (χ1n) is 11.1. The minimum absolute atomic E-state index is 0.604. The van der Waals surface area contributed by atoms with Crippen LogP contribution in [0.4, 0.5) is 5.69 Å². The molecule has 5 heteroatoms. The molecule has 1 unspecified atom stereocenters. The zero-order valence-electron chi connectivity index (χ0n) is 19.8. The Hall–Kier alpha value is -2.53. The van der Waals surface area contributed by atoms with Gasteiger partial charge in [0.15, 0.2) is 6.10 Å². The second-order valence-corrected chi connectivity index (χ2v) is 9.22. The molecule has 0 aromatic heterocycles. The third kappa shape index (κ3) is 4.57. The molecule has 1 heterocycles. The predicted molar refractivity (Wildman–Crippen MR) is 125 cm³/mol. The standard InChI is InChI=1S/C26H35NO4/c1-8-19-15(2)21(18-11-12-20-17(14-18)10-9-13-30-20)22(16(3)23(19)27-7)24(25(28)29)31-26(4,5)6/h11-12,14,24,27H,8-10,13H2,1-7H3,(H,28,29). The summed E-state index contributed by atoms with van der Waals surface area (Å²) in [5, 5.41) is 13.5. The van der Waals surface area contributed by atoms with E-state index in [9.17, 15) is 9.90 Å².